The first-order chi connectivity index (χ1) is 7.86. The third kappa shape index (κ3) is 3.80. The maximum Gasteiger partial charge on any atom is 0.111 e. The van der Waals surface area contributed by atoms with Gasteiger partial charge in [0.2, 0.25) is 0 Å². The Morgan fingerprint density at radius 2 is 1.94 bits per heavy atom. The second-order valence-corrected chi connectivity index (χ2v) is 7.84. The monoisotopic (exact) mass is 254 g/mol. The molecule has 96 valence electrons. The van der Waals surface area contributed by atoms with E-state index >= 15 is 0 Å². The van der Waals surface area contributed by atoms with Crippen molar-refractivity contribution < 1.29 is 10.6 Å². The van der Waals surface area contributed by atoms with Gasteiger partial charge in [0.25, 0.3) is 0 Å². The van der Waals surface area contributed by atoms with Crippen LogP contribution in [0, 0.1) is 0 Å². The molecule has 0 aromatic carbocycles. The summed E-state index contributed by atoms with van der Waals surface area (Å²) in [5.41, 5.74) is 0.775. The normalized spacial score (nSPS) is 23.8. The minimum Gasteiger partial charge on any atom is -0.339 e. The van der Waals surface area contributed by atoms with E-state index in [-0.39, 0.29) is 0 Å². The van der Waals surface area contributed by atoms with Crippen LogP contribution >= 0.6 is 11.3 Å². The van der Waals surface area contributed by atoms with Gasteiger partial charge in [-0.05, 0) is 39.1 Å². The summed E-state index contributed by atoms with van der Waals surface area (Å²) >= 11 is 1.87. The van der Waals surface area contributed by atoms with Crippen LogP contribution in [0.25, 0.3) is 0 Å². The largest absolute Gasteiger partial charge is 0.339 e. The van der Waals surface area contributed by atoms with Crippen molar-refractivity contribution in [1.82, 2.24) is 0 Å². The van der Waals surface area contributed by atoms with E-state index in [0.717, 1.165) is 12.6 Å². The molecular formula is C14H26N2S+2. The smallest absolute Gasteiger partial charge is 0.111 e. The quantitative estimate of drug-likeness (QED) is 0.810. The van der Waals surface area contributed by atoms with Crippen LogP contribution in [-0.2, 0) is 6.54 Å². The molecular weight excluding hydrogens is 228 g/mol. The molecule has 3 heteroatoms. The Kier molecular flexibility index (Phi) is 3.62. The van der Waals surface area contributed by atoms with Crippen molar-refractivity contribution in [2.45, 2.75) is 64.2 Å². The highest BCUT2D eigenvalue weighted by molar-refractivity contribution is 7.09. The van der Waals surface area contributed by atoms with Crippen LogP contribution in [0.4, 0.5) is 0 Å². The Morgan fingerprint density at radius 1 is 1.29 bits per heavy atom. The van der Waals surface area contributed by atoms with Crippen LogP contribution in [0.1, 0.15) is 45.4 Å². The number of piperidine rings is 1. The van der Waals surface area contributed by atoms with Gasteiger partial charge in [-0.15, -0.1) is 11.3 Å². The highest BCUT2D eigenvalue weighted by Gasteiger charge is 2.43. The summed E-state index contributed by atoms with van der Waals surface area (Å²) in [7, 11) is 0. The molecule has 17 heavy (non-hydrogen) atoms. The van der Waals surface area contributed by atoms with E-state index in [1.165, 1.54) is 17.7 Å². The Morgan fingerprint density at radius 3 is 2.47 bits per heavy atom. The van der Waals surface area contributed by atoms with E-state index in [1.54, 1.807) is 0 Å². The molecule has 0 bridgehead atoms. The molecule has 0 unspecified atom stereocenters. The second-order valence-electron chi connectivity index (χ2n) is 6.81. The summed E-state index contributed by atoms with van der Waals surface area (Å²) in [5.74, 6) is 0. The van der Waals surface area contributed by atoms with Gasteiger partial charge < -0.3 is 10.6 Å². The maximum absolute atomic E-state index is 2.55. The Bertz CT molecular complexity index is 338. The van der Waals surface area contributed by atoms with E-state index in [2.05, 4.69) is 55.8 Å². The summed E-state index contributed by atoms with van der Waals surface area (Å²) in [4.78, 5) is 1.50. The molecule has 1 aromatic heterocycles. The van der Waals surface area contributed by atoms with Gasteiger partial charge in [-0.2, -0.15) is 0 Å². The number of hydrogen-bond acceptors (Lipinski definition) is 1. The number of thiophene rings is 1. The molecule has 0 amide bonds. The van der Waals surface area contributed by atoms with E-state index in [4.69, 9.17) is 0 Å². The van der Waals surface area contributed by atoms with Crippen LogP contribution in [-0.4, -0.2) is 17.1 Å². The summed E-state index contributed by atoms with van der Waals surface area (Å²) in [6.45, 7) is 10.6. The van der Waals surface area contributed by atoms with Gasteiger partial charge in [0.15, 0.2) is 0 Å². The molecule has 1 fully saturated rings. The Labute approximate surface area is 109 Å². The predicted molar refractivity (Wildman–Crippen MR) is 73.1 cm³/mol. The zero-order valence-corrected chi connectivity index (χ0v) is 12.3. The molecule has 2 nitrogen and oxygen atoms in total. The lowest BCUT2D eigenvalue weighted by molar-refractivity contribution is -0.816. The van der Waals surface area contributed by atoms with Crippen molar-refractivity contribution in [3.63, 3.8) is 0 Å². The number of hydrogen-bond donors (Lipinski definition) is 2. The fourth-order valence-electron chi connectivity index (χ4n) is 3.48. The van der Waals surface area contributed by atoms with Crippen LogP contribution in [0.3, 0.4) is 0 Å². The SMILES string of the molecule is CC1(C)CC([NH2+]Cc2cccs2)CC(C)(C)[NH2+]1. The number of nitrogens with two attached hydrogens (primary N) is 2. The first kappa shape index (κ1) is 13.1. The summed E-state index contributed by atoms with van der Waals surface area (Å²) in [6, 6.07) is 5.16. The Balaban J connectivity index is 1.92. The average Bonchev–Trinajstić information content (AvgIpc) is 2.61. The molecule has 1 saturated heterocycles. The lowest BCUT2D eigenvalue weighted by Crippen LogP contribution is -3.09. The zero-order chi connectivity index (χ0) is 12.5. The van der Waals surface area contributed by atoms with Gasteiger partial charge in [0, 0.05) is 0 Å². The third-order valence-corrected chi connectivity index (χ3v) is 4.49. The van der Waals surface area contributed by atoms with Gasteiger partial charge in [0.05, 0.1) is 34.8 Å². The van der Waals surface area contributed by atoms with Crippen LogP contribution in [0.15, 0.2) is 17.5 Å². The molecule has 4 N–H and O–H groups in total. The minimum absolute atomic E-state index is 0.387. The summed E-state index contributed by atoms with van der Waals surface area (Å²) in [5, 5.41) is 7.27. The van der Waals surface area contributed by atoms with Crippen molar-refractivity contribution in [2.75, 3.05) is 0 Å². The standard InChI is InChI=1S/C14H24N2S/c1-13(2)8-11(9-14(3,4)16-13)15-10-12-6-5-7-17-12/h5-7,11,15-16H,8-10H2,1-4H3/p+2. The highest BCUT2D eigenvalue weighted by Crippen LogP contribution is 2.19. The van der Waals surface area contributed by atoms with Crippen LogP contribution in [0.2, 0.25) is 0 Å². The topological polar surface area (TPSA) is 33.2 Å². The molecule has 0 aliphatic carbocycles. The lowest BCUT2D eigenvalue weighted by Gasteiger charge is -2.41. The van der Waals surface area contributed by atoms with E-state index in [1.807, 2.05) is 11.3 Å². The number of quaternary nitrogens is 2. The second kappa shape index (κ2) is 4.71. The van der Waals surface area contributed by atoms with Gasteiger partial charge in [-0.25, -0.2) is 0 Å². The number of rotatable bonds is 3. The third-order valence-electron chi connectivity index (χ3n) is 3.59. The minimum atomic E-state index is 0.387. The summed E-state index contributed by atoms with van der Waals surface area (Å²) < 4.78 is 0. The maximum atomic E-state index is 2.55. The van der Waals surface area contributed by atoms with Crippen LogP contribution in [0.5, 0.6) is 0 Å². The van der Waals surface area contributed by atoms with E-state index < -0.39 is 0 Å². The molecule has 0 spiro atoms. The first-order valence-electron chi connectivity index (χ1n) is 6.59. The fourth-order valence-corrected chi connectivity index (χ4v) is 4.16. The molecule has 1 aliphatic rings. The molecule has 1 aromatic rings. The van der Waals surface area contributed by atoms with Gasteiger partial charge in [-0.1, -0.05) is 6.07 Å². The van der Waals surface area contributed by atoms with Crippen molar-refractivity contribution >= 4 is 11.3 Å². The van der Waals surface area contributed by atoms with Gasteiger partial charge >= 0.3 is 0 Å². The fraction of sp³-hybridized carbons (Fsp3) is 0.714. The van der Waals surface area contributed by atoms with E-state index in [0.29, 0.717) is 11.1 Å². The molecule has 0 atom stereocenters. The highest BCUT2D eigenvalue weighted by atomic mass is 32.1. The molecule has 2 heterocycles. The Hall–Kier alpha value is -0.380. The van der Waals surface area contributed by atoms with Gasteiger partial charge in [0.1, 0.15) is 6.54 Å². The van der Waals surface area contributed by atoms with E-state index in [9.17, 15) is 0 Å². The van der Waals surface area contributed by atoms with Crippen molar-refractivity contribution in [3.05, 3.63) is 22.4 Å². The molecule has 0 radical (unpaired) electrons. The average molecular weight is 254 g/mol. The molecule has 2 rings (SSSR count). The molecule has 1 aliphatic heterocycles. The van der Waals surface area contributed by atoms with Crippen molar-refractivity contribution in [3.8, 4) is 0 Å². The van der Waals surface area contributed by atoms with Crippen molar-refractivity contribution in [1.29, 1.82) is 0 Å². The van der Waals surface area contributed by atoms with Crippen LogP contribution < -0.4 is 10.6 Å². The first-order valence-corrected chi connectivity index (χ1v) is 7.47. The van der Waals surface area contributed by atoms with Crippen molar-refractivity contribution in [2.24, 2.45) is 0 Å². The lowest BCUT2D eigenvalue weighted by atomic mass is 9.79. The van der Waals surface area contributed by atoms with Gasteiger partial charge in [-0.3, -0.25) is 0 Å². The predicted octanol–water partition coefficient (Wildman–Crippen LogP) is 1.09. The summed E-state index contributed by atoms with van der Waals surface area (Å²) in [6.07, 6.45) is 2.61. The zero-order valence-electron chi connectivity index (χ0n) is 11.5. The molecule has 0 saturated carbocycles.